The predicted octanol–water partition coefficient (Wildman–Crippen LogP) is 2.71. The van der Waals surface area contributed by atoms with Gasteiger partial charge < -0.3 is 9.73 Å². The molecule has 1 saturated carbocycles. The number of anilines is 1. The minimum absolute atomic E-state index is 0.0403. The van der Waals surface area contributed by atoms with Gasteiger partial charge in [0.1, 0.15) is 11.5 Å². The van der Waals surface area contributed by atoms with Gasteiger partial charge in [0.15, 0.2) is 5.82 Å². The second-order valence-electron chi connectivity index (χ2n) is 5.55. The van der Waals surface area contributed by atoms with Gasteiger partial charge in [-0.3, -0.25) is 9.48 Å². The van der Waals surface area contributed by atoms with Crippen LogP contribution in [-0.4, -0.2) is 15.7 Å². The SMILES string of the molecule is CC1CC1c1ccc(CCC(=O)Nc2ccn(C)n2)o1. The van der Waals surface area contributed by atoms with Crippen molar-refractivity contribution in [3.05, 3.63) is 35.9 Å². The number of rotatable bonds is 5. The van der Waals surface area contributed by atoms with Crippen LogP contribution in [-0.2, 0) is 18.3 Å². The van der Waals surface area contributed by atoms with Gasteiger partial charge >= 0.3 is 0 Å². The van der Waals surface area contributed by atoms with Crippen LogP contribution in [0.4, 0.5) is 5.82 Å². The Balaban J connectivity index is 1.49. The molecule has 5 nitrogen and oxygen atoms in total. The molecule has 0 bridgehead atoms. The van der Waals surface area contributed by atoms with Crippen molar-refractivity contribution < 1.29 is 9.21 Å². The van der Waals surface area contributed by atoms with Gasteiger partial charge in [-0.2, -0.15) is 5.10 Å². The van der Waals surface area contributed by atoms with Crippen LogP contribution in [0.1, 0.15) is 37.2 Å². The molecule has 0 aliphatic heterocycles. The molecule has 5 heteroatoms. The molecule has 2 unspecified atom stereocenters. The second kappa shape index (κ2) is 5.15. The Labute approximate surface area is 118 Å². The fourth-order valence-electron chi connectivity index (χ4n) is 2.37. The molecule has 0 radical (unpaired) electrons. The summed E-state index contributed by atoms with van der Waals surface area (Å²) in [4.78, 5) is 11.8. The molecule has 106 valence electrons. The predicted molar refractivity (Wildman–Crippen MR) is 75.4 cm³/mol. The lowest BCUT2D eigenvalue weighted by Crippen LogP contribution is -2.12. The number of carbonyl (C=O) groups is 1. The van der Waals surface area contributed by atoms with E-state index in [0.717, 1.165) is 17.4 Å². The van der Waals surface area contributed by atoms with E-state index in [1.165, 1.54) is 6.42 Å². The summed E-state index contributed by atoms with van der Waals surface area (Å²) < 4.78 is 7.44. The van der Waals surface area contributed by atoms with Gasteiger partial charge in [0, 0.05) is 38.1 Å². The summed E-state index contributed by atoms with van der Waals surface area (Å²) in [6.45, 7) is 2.23. The first-order valence-corrected chi connectivity index (χ1v) is 7.00. The zero-order chi connectivity index (χ0) is 14.1. The van der Waals surface area contributed by atoms with Crippen molar-refractivity contribution in [1.82, 2.24) is 9.78 Å². The lowest BCUT2D eigenvalue weighted by Gasteiger charge is -2.00. The summed E-state index contributed by atoms with van der Waals surface area (Å²) >= 11 is 0. The van der Waals surface area contributed by atoms with Crippen LogP contribution in [0, 0.1) is 5.92 Å². The maximum absolute atomic E-state index is 11.8. The molecule has 1 fully saturated rings. The molecule has 2 heterocycles. The van der Waals surface area contributed by atoms with Crippen molar-refractivity contribution in [1.29, 1.82) is 0 Å². The standard InChI is InChI=1S/C15H19N3O2/c1-10-9-12(10)13-5-3-11(20-13)4-6-15(19)16-14-7-8-18(2)17-14/h3,5,7-8,10,12H,4,6,9H2,1-2H3,(H,16,17,19). The van der Waals surface area contributed by atoms with Crippen molar-refractivity contribution in [3.8, 4) is 0 Å². The number of nitrogens with zero attached hydrogens (tertiary/aromatic N) is 2. The zero-order valence-electron chi connectivity index (χ0n) is 11.8. The Morgan fingerprint density at radius 1 is 1.50 bits per heavy atom. The van der Waals surface area contributed by atoms with Crippen molar-refractivity contribution >= 4 is 11.7 Å². The fourth-order valence-corrected chi connectivity index (χ4v) is 2.37. The van der Waals surface area contributed by atoms with Crippen LogP contribution < -0.4 is 5.32 Å². The van der Waals surface area contributed by atoms with Crippen molar-refractivity contribution in [2.75, 3.05) is 5.32 Å². The first kappa shape index (κ1) is 13.0. The van der Waals surface area contributed by atoms with Gasteiger partial charge in [0.05, 0.1) is 0 Å². The van der Waals surface area contributed by atoms with E-state index in [1.807, 2.05) is 19.2 Å². The second-order valence-corrected chi connectivity index (χ2v) is 5.55. The van der Waals surface area contributed by atoms with Crippen LogP contribution in [0.15, 0.2) is 28.8 Å². The summed E-state index contributed by atoms with van der Waals surface area (Å²) in [5.74, 6) is 3.83. The summed E-state index contributed by atoms with van der Waals surface area (Å²) in [5, 5.41) is 6.88. The molecule has 20 heavy (non-hydrogen) atoms. The number of furan rings is 1. The molecule has 2 aromatic heterocycles. The molecule has 3 rings (SSSR count). The number of aryl methyl sites for hydroxylation is 2. The zero-order valence-corrected chi connectivity index (χ0v) is 11.8. The quantitative estimate of drug-likeness (QED) is 0.911. The summed E-state index contributed by atoms with van der Waals surface area (Å²) in [5.41, 5.74) is 0. The molecule has 1 amide bonds. The Kier molecular flexibility index (Phi) is 3.34. The first-order valence-electron chi connectivity index (χ1n) is 7.00. The van der Waals surface area contributed by atoms with Crippen LogP contribution in [0.5, 0.6) is 0 Å². The third kappa shape index (κ3) is 2.92. The monoisotopic (exact) mass is 273 g/mol. The highest BCUT2D eigenvalue weighted by molar-refractivity contribution is 5.89. The average molecular weight is 273 g/mol. The Bertz CT molecular complexity index is 614. The largest absolute Gasteiger partial charge is 0.466 e. The maximum atomic E-state index is 11.8. The molecule has 1 N–H and O–H groups in total. The van der Waals surface area contributed by atoms with Crippen LogP contribution >= 0.6 is 0 Å². The summed E-state index contributed by atoms with van der Waals surface area (Å²) in [6, 6.07) is 5.80. The van der Waals surface area contributed by atoms with E-state index in [1.54, 1.807) is 16.9 Å². The van der Waals surface area contributed by atoms with E-state index in [4.69, 9.17) is 4.42 Å². The van der Waals surface area contributed by atoms with Gasteiger partial charge in [0.2, 0.25) is 5.91 Å². The highest BCUT2D eigenvalue weighted by Gasteiger charge is 2.36. The maximum Gasteiger partial charge on any atom is 0.226 e. The summed E-state index contributed by atoms with van der Waals surface area (Å²) in [6.07, 6.45) is 4.04. The van der Waals surface area contributed by atoms with Crippen LogP contribution in [0.2, 0.25) is 0 Å². The number of hydrogen-bond acceptors (Lipinski definition) is 3. The van der Waals surface area contributed by atoms with Crippen molar-refractivity contribution in [2.24, 2.45) is 13.0 Å². The van der Waals surface area contributed by atoms with Gasteiger partial charge in [-0.15, -0.1) is 0 Å². The van der Waals surface area contributed by atoms with E-state index < -0.39 is 0 Å². The van der Waals surface area contributed by atoms with Gasteiger partial charge in [-0.25, -0.2) is 0 Å². The average Bonchev–Trinajstić information content (AvgIpc) is 2.82. The molecule has 0 aromatic carbocycles. The van der Waals surface area contributed by atoms with E-state index in [2.05, 4.69) is 17.3 Å². The number of carbonyl (C=O) groups excluding carboxylic acids is 1. The number of nitrogens with one attached hydrogen (secondary N) is 1. The van der Waals surface area contributed by atoms with E-state index in [9.17, 15) is 4.79 Å². The van der Waals surface area contributed by atoms with Gasteiger partial charge in [0.25, 0.3) is 0 Å². The van der Waals surface area contributed by atoms with Gasteiger partial charge in [-0.05, 0) is 24.5 Å². The third-order valence-corrected chi connectivity index (χ3v) is 3.74. The summed E-state index contributed by atoms with van der Waals surface area (Å²) in [7, 11) is 1.82. The molecule has 0 saturated heterocycles. The topological polar surface area (TPSA) is 60.1 Å². The molecule has 1 aliphatic rings. The Morgan fingerprint density at radius 2 is 2.30 bits per heavy atom. The first-order chi connectivity index (χ1) is 9.61. The smallest absolute Gasteiger partial charge is 0.226 e. The number of amides is 1. The van der Waals surface area contributed by atoms with Crippen LogP contribution in [0.3, 0.4) is 0 Å². The molecule has 1 aliphatic carbocycles. The van der Waals surface area contributed by atoms with Crippen molar-refractivity contribution in [2.45, 2.75) is 32.1 Å². The Morgan fingerprint density at radius 3 is 2.95 bits per heavy atom. The Hall–Kier alpha value is -2.04. The lowest BCUT2D eigenvalue weighted by atomic mass is 10.2. The van der Waals surface area contributed by atoms with Gasteiger partial charge in [-0.1, -0.05) is 6.92 Å². The molecular formula is C15H19N3O2. The lowest BCUT2D eigenvalue weighted by molar-refractivity contribution is -0.116. The number of aromatic nitrogens is 2. The highest BCUT2D eigenvalue weighted by Crippen LogP contribution is 2.47. The minimum Gasteiger partial charge on any atom is -0.466 e. The normalized spacial score (nSPS) is 20.9. The minimum atomic E-state index is -0.0403. The molecule has 0 spiro atoms. The molecule has 2 atom stereocenters. The number of hydrogen-bond donors (Lipinski definition) is 1. The molecule has 2 aromatic rings. The van der Waals surface area contributed by atoms with E-state index in [-0.39, 0.29) is 5.91 Å². The van der Waals surface area contributed by atoms with Crippen molar-refractivity contribution in [3.63, 3.8) is 0 Å². The van der Waals surface area contributed by atoms with Crippen LogP contribution in [0.25, 0.3) is 0 Å². The molecular weight excluding hydrogens is 254 g/mol. The highest BCUT2D eigenvalue weighted by atomic mass is 16.3. The van der Waals surface area contributed by atoms with E-state index >= 15 is 0 Å². The third-order valence-electron chi connectivity index (χ3n) is 3.74. The fraction of sp³-hybridized carbons (Fsp3) is 0.467. The van der Waals surface area contributed by atoms with E-state index in [0.29, 0.717) is 24.6 Å².